The Labute approximate surface area is 160 Å². The quantitative estimate of drug-likeness (QED) is 0.596. The molecule has 3 rings (SSSR count). The summed E-state index contributed by atoms with van der Waals surface area (Å²) in [4.78, 5) is 37.2. The summed E-state index contributed by atoms with van der Waals surface area (Å²) >= 11 is 5.83. The minimum atomic E-state index is -1.38. The van der Waals surface area contributed by atoms with Crippen LogP contribution in [0.25, 0.3) is 0 Å². The molecule has 1 heterocycles. The van der Waals surface area contributed by atoms with Crippen LogP contribution in [0.15, 0.2) is 54.6 Å². The fourth-order valence-electron chi connectivity index (χ4n) is 3.10. The number of hydrogen-bond donors (Lipinski definition) is 1. The molecule has 0 unspecified atom stereocenters. The molecule has 2 amide bonds. The molecular formula is C19H16ClN2O5-. The van der Waals surface area contributed by atoms with Crippen LogP contribution >= 0.6 is 11.6 Å². The van der Waals surface area contributed by atoms with Crippen LogP contribution in [0.4, 0.5) is 5.69 Å². The molecule has 0 spiro atoms. The molecule has 1 fully saturated rings. The van der Waals surface area contributed by atoms with Gasteiger partial charge >= 0.3 is 0 Å². The molecule has 2 aromatic rings. The molecule has 27 heavy (non-hydrogen) atoms. The number of nitrogens with zero attached hydrogens (tertiary/aromatic N) is 2. The average molecular weight is 388 g/mol. The zero-order valence-corrected chi connectivity index (χ0v) is 14.9. The Balaban J connectivity index is 1.87. The number of carboxylic acids is 1. The van der Waals surface area contributed by atoms with Crippen LogP contribution in [-0.2, 0) is 14.4 Å². The highest BCUT2D eigenvalue weighted by molar-refractivity contribution is 6.30. The second-order valence-electron chi connectivity index (χ2n) is 6.15. The van der Waals surface area contributed by atoms with E-state index in [1.54, 1.807) is 42.5 Å². The van der Waals surface area contributed by atoms with E-state index in [1.165, 1.54) is 12.1 Å². The van der Waals surface area contributed by atoms with E-state index in [-0.39, 0.29) is 6.42 Å². The Kier molecular flexibility index (Phi) is 5.55. The summed E-state index contributed by atoms with van der Waals surface area (Å²) in [5.74, 6) is -2.51. The van der Waals surface area contributed by atoms with Crippen molar-refractivity contribution in [3.8, 4) is 0 Å². The Hall–Kier alpha value is -2.74. The van der Waals surface area contributed by atoms with Gasteiger partial charge < -0.3 is 15.1 Å². The second kappa shape index (κ2) is 7.87. The Morgan fingerprint density at radius 2 is 1.81 bits per heavy atom. The highest BCUT2D eigenvalue weighted by atomic mass is 35.5. The summed E-state index contributed by atoms with van der Waals surface area (Å²) in [6.07, 6.45) is -0.798. The number of carbonyl (C=O) groups excluding carboxylic acids is 3. The summed E-state index contributed by atoms with van der Waals surface area (Å²) < 4.78 is 0. The normalized spacial score (nSPS) is 18.2. The molecule has 1 N–H and O–H groups in total. The number of anilines is 1. The van der Waals surface area contributed by atoms with Crippen LogP contribution in [0.2, 0.25) is 5.02 Å². The van der Waals surface area contributed by atoms with Gasteiger partial charge in [0, 0.05) is 17.4 Å². The molecule has 8 heteroatoms. The number of hydrogen-bond acceptors (Lipinski definition) is 6. The third-order valence-corrected chi connectivity index (χ3v) is 4.64. The Morgan fingerprint density at radius 1 is 1.19 bits per heavy atom. The summed E-state index contributed by atoms with van der Waals surface area (Å²) in [5, 5.41) is 22.9. The molecule has 0 radical (unpaired) electrons. The molecule has 1 saturated heterocycles. The molecule has 1 aliphatic heterocycles. The van der Waals surface area contributed by atoms with E-state index in [1.807, 2.05) is 0 Å². The van der Waals surface area contributed by atoms with Gasteiger partial charge in [0.2, 0.25) is 5.91 Å². The monoisotopic (exact) mass is 387 g/mol. The highest BCUT2D eigenvalue weighted by Gasteiger charge is 2.44. The van der Waals surface area contributed by atoms with Crippen LogP contribution in [0.3, 0.4) is 0 Å². The SMILES string of the molecule is O=C([O-])C[C@@H](c1ccccc1)N(O)[C@@H]1CC(=O)N(c2ccc(Cl)cc2)C1=O. The maximum atomic E-state index is 12.8. The molecular weight excluding hydrogens is 372 g/mol. The van der Waals surface area contributed by atoms with Gasteiger partial charge in [-0.3, -0.25) is 9.59 Å². The van der Waals surface area contributed by atoms with E-state index in [0.717, 1.165) is 4.90 Å². The van der Waals surface area contributed by atoms with Crippen molar-refractivity contribution < 1.29 is 24.7 Å². The van der Waals surface area contributed by atoms with Crippen LogP contribution in [0, 0.1) is 0 Å². The third-order valence-electron chi connectivity index (χ3n) is 4.39. The number of carboxylic acid groups (broad SMARTS) is 1. The van der Waals surface area contributed by atoms with Crippen molar-refractivity contribution in [2.75, 3.05) is 4.90 Å². The summed E-state index contributed by atoms with van der Waals surface area (Å²) in [7, 11) is 0. The van der Waals surface area contributed by atoms with Gasteiger partial charge in [-0.25, -0.2) is 4.90 Å². The standard InChI is InChI=1S/C19H17ClN2O5/c20-13-6-8-14(9-7-13)21-17(23)10-16(19(21)26)22(27)15(11-18(24)25)12-4-2-1-3-5-12/h1-9,15-16,27H,10-11H2,(H,24,25)/p-1/t15-,16+/m0/s1. The lowest BCUT2D eigenvalue weighted by molar-refractivity contribution is -0.309. The van der Waals surface area contributed by atoms with Crippen molar-refractivity contribution in [2.24, 2.45) is 0 Å². The summed E-state index contributed by atoms with van der Waals surface area (Å²) in [5.41, 5.74) is 0.829. The van der Waals surface area contributed by atoms with Crippen molar-refractivity contribution in [2.45, 2.75) is 24.9 Å². The number of hydroxylamine groups is 2. The molecule has 2 atom stereocenters. The maximum absolute atomic E-state index is 12.8. The van der Waals surface area contributed by atoms with Gasteiger partial charge in [0.25, 0.3) is 5.91 Å². The van der Waals surface area contributed by atoms with Gasteiger partial charge in [-0.2, -0.15) is 5.06 Å². The van der Waals surface area contributed by atoms with E-state index in [0.29, 0.717) is 21.3 Å². The van der Waals surface area contributed by atoms with E-state index in [4.69, 9.17) is 11.6 Å². The number of benzene rings is 2. The molecule has 2 aromatic carbocycles. The molecule has 1 aliphatic rings. The van der Waals surface area contributed by atoms with Crippen molar-refractivity contribution in [1.29, 1.82) is 0 Å². The Bertz CT molecular complexity index is 856. The van der Waals surface area contributed by atoms with E-state index in [9.17, 15) is 24.7 Å². The first-order valence-electron chi connectivity index (χ1n) is 8.23. The van der Waals surface area contributed by atoms with Gasteiger partial charge in [0.15, 0.2) is 0 Å². The van der Waals surface area contributed by atoms with E-state index < -0.39 is 36.3 Å². The number of imide groups is 1. The first-order chi connectivity index (χ1) is 12.9. The first-order valence-corrected chi connectivity index (χ1v) is 8.60. The molecule has 0 saturated carbocycles. The van der Waals surface area contributed by atoms with Gasteiger partial charge in [0.1, 0.15) is 6.04 Å². The largest absolute Gasteiger partial charge is 0.550 e. The number of rotatable bonds is 6. The topological polar surface area (TPSA) is 101 Å². The predicted molar refractivity (Wildman–Crippen MR) is 94.8 cm³/mol. The number of halogens is 1. The zero-order chi connectivity index (χ0) is 19.6. The number of carbonyl (C=O) groups is 3. The van der Waals surface area contributed by atoms with Crippen LogP contribution < -0.4 is 10.0 Å². The zero-order valence-electron chi connectivity index (χ0n) is 14.1. The fourth-order valence-corrected chi connectivity index (χ4v) is 3.22. The van der Waals surface area contributed by atoms with Gasteiger partial charge in [-0.1, -0.05) is 41.9 Å². The summed E-state index contributed by atoms with van der Waals surface area (Å²) in [6.45, 7) is 0. The predicted octanol–water partition coefficient (Wildman–Crippen LogP) is 1.54. The molecule has 7 nitrogen and oxygen atoms in total. The smallest absolute Gasteiger partial charge is 0.254 e. The van der Waals surface area contributed by atoms with Crippen LogP contribution in [0.5, 0.6) is 0 Å². The maximum Gasteiger partial charge on any atom is 0.254 e. The Morgan fingerprint density at radius 3 is 2.41 bits per heavy atom. The van der Waals surface area contributed by atoms with E-state index in [2.05, 4.69) is 0 Å². The average Bonchev–Trinajstić information content (AvgIpc) is 2.95. The van der Waals surface area contributed by atoms with Crippen LogP contribution in [0.1, 0.15) is 24.4 Å². The minimum absolute atomic E-state index is 0.270. The lowest BCUT2D eigenvalue weighted by Crippen LogP contribution is -2.43. The molecule has 0 aromatic heterocycles. The van der Waals surface area contributed by atoms with Gasteiger partial charge in [-0.05, 0) is 29.8 Å². The first kappa shape index (κ1) is 19.0. The summed E-state index contributed by atoms with van der Waals surface area (Å²) in [6, 6.07) is 12.3. The molecule has 140 valence electrons. The van der Waals surface area contributed by atoms with Crippen LogP contribution in [-0.4, -0.2) is 34.1 Å². The van der Waals surface area contributed by atoms with Crippen molar-refractivity contribution in [3.63, 3.8) is 0 Å². The number of aliphatic carboxylic acids is 1. The van der Waals surface area contributed by atoms with Gasteiger partial charge in [0.05, 0.1) is 18.2 Å². The van der Waals surface area contributed by atoms with E-state index >= 15 is 0 Å². The fraction of sp³-hybridized carbons (Fsp3) is 0.211. The highest BCUT2D eigenvalue weighted by Crippen LogP contribution is 2.31. The lowest BCUT2D eigenvalue weighted by atomic mass is 10.0. The van der Waals surface area contributed by atoms with Gasteiger partial charge in [-0.15, -0.1) is 0 Å². The molecule has 0 aliphatic carbocycles. The lowest BCUT2D eigenvalue weighted by Gasteiger charge is -2.30. The van der Waals surface area contributed by atoms with Crippen molar-refractivity contribution >= 4 is 35.1 Å². The minimum Gasteiger partial charge on any atom is -0.550 e. The van der Waals surface area contributed by atoms with Crippen molar-refractivity contribution in [1.82, 2.24) is 5.06 Å². The second-order valence-corrected chi connectivity index (χ2v) is 6.58. The molecule has 0 bridgehead atoms. The number of amides is 2. The van der Waals surface area contributed by atoms with Crippen molar-refractivity contribution in [3.05, 3.63) is 65.2 Å². The third kappa shape index (κ3) is 4.00.